The monoisotopic (exact) mass is 268 g/mol. The van der Waals surface area contributed by atoms with Gasteiger partial charge in [-0.1, -0.05) is 18.2 Å². The number of aromatic nitrogens is 2. The largest absolute Gasteiger partial charge is 0.497 e. The van der Waals surface area contributed by atoms with Crippen LogP contribution in [0.15, 0.2) is 48.5 Å². The smallest absolute Gasteiger partial charge is 0.153 e. The van der Waals surface area contributed by atoms with Crippen molar-refractivity contribution in [1.82, 2.24) is 9.97 Å². The number of imidazole rings is 1. The molecule has 1 heterocycles. The van der Waals surface area contributed by atoms with Crippen molar-refractivity contribution in [2.75, 3.05) is 7.11 Å². The van der Waals surface area contributed by atoms with Crippen LogP contribution in [0.1, 0.15) is 18.9 Å². The summed E-state index contributed by atoms with van der Waals surface area (Å²) in [6.07, 6.45) is -0.158. The number of fused-ring (bicyclic) bond motifs is 1. The van der Waals surface area contributed by atoms with Crippen LogP contribution in [0, 0.1) is 0 Å². The standard InChI is InChI=1S/C16H16N2O2/c1-11(20-13-7-5-6-12(10-13)19-2)16-17-14-8-3-4-9-15(14)18-16/h3-11H,1-2H3,(H,17,18)/t11-/m0/s1. The molecule has 0 radical (unpaired) electrons. The quantitative estimate of drug-likeness (QED) is 0.784. The lowest BCUT2D eigenvalue weighted by atomic mass is 10.3. The number of aromatic amines is 1. The van der Waals surface area contributed by atoms with Crippen LogP contribution in [0.25, 0.3) is 11.0 Å². The van der Waals surface area contributed by atoms with Gasteiger partial charge >= 0.3 is 0 Å². The Kier molecular flexibility index (Phi) is 3.29. The van der Waals surface area contributed by atoms with Gasteiger partial charge in [0.2, 0.25) is 0 Å². The van der Waals surface area contributed by atoms with Crippen molar-refractivity contribution in [3.8, 4) is 11.5 Å². The summed E-state index contributed by atoms with van der Waals surface area (Å²) in [6, 6.07) is 15.5. The first-order valence-corrected chi connectivity index (χ1v) is 6.51. The van der Waals surface area contributed by atoms with Crippen LogP contribution in [0.3, 0.4) is 0 Å². The zero-order valence-corrected chi connectivity index (χ0v) is 11.5. The van der Waals surface area contributed by atoms with Crippen LogP contribution in [0.5, 0.6) is 11.5 Å². The minimum Gasteiger partial charge on any atom is -0.497 e. The molecule has 4 nitrogen and oxygen atoms in total. The molecule has 0 amide bonds. The third-order valence-corrected chi connectivity index (χ3v) is 3.15. The molecular formula is C16H16N2O2. The third-order valence-electron chi connectivity index (χ3n) is 3.15. The lowest BCUT2D eigenvalue weighted by molar-refractivity contribution is 0.217. The molecule has 3 rings (SSSR count). The number of rotatable bonds is 4. The molecule has 20 heavy (non-hydrogen) atoms. The van der Waals surface area contributed by atoms with Gasteiger partial charge in [-0.2, -0.15) is 0 Å². The Hall–Kier alpha value is -2.49. The van der Waals surface area contributed by atoms with E-state index in [2.05, 4.69) is 9.97 Å². The lowest BCUT2D eigenvalue weighted by Crippen LogP contribution is -2.05. The summed E-state index contributed by atoms with van der Waals surface area (Å²) in [5, 5.41) is 0. The van der Waals surface area contributed by atoms with Gasteiger partial charge in [-0.15, -0.1) is 0 Å². The number of hydrogen-bond donors (Lipinski definition) is 1. The van der Waals surface area contributed by atoms with Gasteiger partial charge in [0.25, 0.3) is 0 Å². The Balaban J connectivity index is 1.82. The number of ether oxygens (including phenoxy) is 2. The number of methoxy groups -OCH3 is 1. The van der Waals surface area contributed by atoms with E-state index in [9.17, 15) is 0 Å². The molecule has 0 aliphatic heterocycles. The highest BCUT2D eigenvalue weighted by atomic mass is 16.5. The second-order valence-electron chi connectivity index (χ2n) is 4.58. The van der Waals surface area contributed by atoms with E-state index < -0.39 is 0 Å². The number of hydrogen-bond acceptors (Lipinski definition) is 3. The fourth-order valence-electron chi connectivity index (χ4n) is 2.10. The highest BCUT2D eigenvalue weighted by molar-refractivity contribution is 5.74. The fourth-order valence-corrected chi connectivity index (χ4v) is 2.10. The van der Waals surface area contributed by atoms with Crippen molar-refractivity contribution < 1.29 is 9.47 Å². The molecule has 0 aliphatic rings. The molecule has 0 unspecified atom stereocenters. The molecule has 0 saturated carbocycles. The van der Waals surface area contributed by atoms with Crippen LogP contribution in [-0.4, -0.2) is 17.1 Å². The maximum Gasteiger partial charge on any atom is 0.153 e. The maximum atomic E-state index is 5.90. The van der Waals surface area contributed by atoms with E-state index in [1.165, 1.54) is 0 Å². The summed E-state index contributed by atoms with van der Waals surface area (Å²) in [7, 11) is 1.64. The average molecular weight is 268 g/mol. The molecule has 3 aromatic rings. The van der Waals surface area contributed by atoms with Gasteiger partial charge in [0, 0.05) is 6.07 Å². The van der Waals surface area contributed by atoms with Gasteiger partial charge in [-0.3, -0.25) is 0 Å². The van der Waals surface area contributed by atoms with Gasteiger partial charge < -0.3 is 14.5 Å². The molecule has 1 aromatic heterocycles. The summed E-state index contributed by atoms with van der Waals surface area (Å²) < 4.78 is 11.1. The molecule has 4 heteroatoms. The summed E-state index contributed by atoms with van der Waals surface area (Å²) >= 11 is 0. The SMILES string of the molecule is COc1cccc(O[C@@H](C)c2nc3ccccc3[nH]2)c1. The minimum absolute atomic E-state index is 0.158. The zero-order chi connectivity index (χ0) is 13.9. The normalized spacial score (nSPS) is 12.3. The maximum absolute atomic E-state index is 5.90. The molecule has 0 aliphatic carbocycles. The Labute approximate surface area is 117 Å². The highest BCUT2D eigenvalue weighted by Crippen LogP contribution is 2.25. The van der Waals surface area contributed by atoms with Crippen molar-refractivity contribution in [2.24, 2.45) is 0 Å². The van der Waals surface area contributed by atoms with E-state index in [1.807, 2.05) is 55.5 Å². The van der Waals surface area contributed by atoms with E-state index in [4.69, 9.17) is 9.47 Å². The predicted octanol–water partition coefficient (Wildman–Crippen LogP) is 3.71. The van der Waals surface area contributed by atoms with E-state index in [0.29, 0.717) is 0 Å². The minimum atomic E-state index is -0.158. The van der Waals surface area contributed by atoms with E-state index in [-0.39, 0.29) is 6.10 Å². The zero-order valence-electron chi connectivity index (χ0n) is 11.5. The average Bonchev–Trinajstić information content (AvgIpc) is 2.91. The summed E-state index contributed by atoms with van der Waals surface area (Å²) in [6.45, 7) is 1.97. The second kappa shape index (κ2) is 5.25. The van der Waals surface area contributed by atoms with Crippen LogP contribution < -0.4 is 9.47 Å². The van der Waals surface area contributed by atoms with Gasteiger partial charge in [0.1, 0.15) is 17.3 Å². The Bertz CT molecular complexity index is 688. The molecule has 102 valence electrons. The number of para-hydroxylation sites is 2. The lowest BCUT2D eigenvalue weighted by Gasteiger charge is -2.13. The number of benzene rings is 2. The van der Waals surface area contributed by atoms with Crippen molar-refractivity contribution >= 4 is 11.0 Å². The number of H-pyrrole nitrogens is 1. The summed E-state index contributed by atoms with van der Waals surface area (Å²) in [5.41, 5.74) is 1.96. The van der Waals surface area contributed by atoms with E-state index in [1.54, 1.807) is 7.11 Å². The first kappa shape index (κ1) is 12.5. The molecule has 0 fully saturated rings. The topological polar surface area (TPSA) is 47.1 Å². The number of nitrogens with one attached hydrogen (secondary N) is 1. The van der Waals surface area contributed by atoms with Crippen molar-refractivity contribution in [3.05, 3.63) is 54.4 Å². The molecule has 0 saturated heterocycles. The summed E-state index contributed by atoms with van der Waals surface area (Å²) in [5.74, 6) is 2.35. The van der Waals surface area contributed by atoms with E-state index >= 15 is 0 Å². The van der Waals surface area contributed by atoms with Crippen LogP contribution >= 0.6 is 0 Å². The first-order valence-electron chi connectivity index (χ1n) is 6.51. The van der Waals surface area contributed by atoms with Crippen LogP contribution in [0.4, 0.5) is 0 Å². The van der Waals surface area contributed by atoms with Crippen molar-refractivity contribution in [2.45, 2.75) is 13.0 Å². The van der Waals surface area contributed by atoms with Gasteiger partial charge in [0.15, 0.2) is 6.10 Å². The number of nitrogens with zero attached hydrogens (tertiary/aromatic N) is 1. The fraction of sp³-hybridized carbons (Fsp3) is 0.188. The predicted molar refractivity (Wildman–Crippen MR) is 78.1 cm³/mol. The molecule has 0 bridgehead atoms. The molecule has 1 atom stereocenters. The second-order valence-corrected chi connectivity index (χ2v) is 4.58. The Morgan fingerprint density at radius 3 is 2.65 bits per heavy atom. The molecular weight excluding hydrogens is 252 g/mol. The van der Waals surface area contributed by atoms with Gasteiger partial charge in [-0.25, -0.2) is 4.98 Å². The van der Waals surface area contributed by atoms with Crippen molar-refractivity contribution in [1.29, 1.82) is 0 Å². The molecule has 0 spiro atoms. The van der Waals surface area contributed by atoms with Crippen LogP contribution in [0.2, 0.25) is 0 Å². The molecule has 2 aromatic carbocycles. The van der Waals surface area contributed by atoms with Gasteiger partial charge in [-0.05, 0) is 31.2 Å². The summed E-state index contributed by atoms with van der Waals surface area (Å²) in [4.78, 5) is 7.82. The highest BCUT2D eigenvalue weighted by Gasteiger charge is 2.12. The Morgan fingerprint density at radius 1 is 1.05 bits per heavy atom. The van der Waals surface area contributed by atoms with Gasteiger partial charge in [0.05, 0.1) is 18.1 Å². The Morgan fingerprint density at radius 2 is 1.85 bits per heavy atom. The third kappa shape index (κ3) is 2.45. The van der Waals surface area contributed by atoms with Crippen LogP contribution in [-0.2, 0) is 0 Å². The van der Waals surface area contributed by atoms with Crippen molar-refractivity contribution in [3.63, 3.8) is 0 Å². The van der Waals surface area contributed by atoms with E-state index in [0.717, 1.165) is 28.4 Å². The molecule has 1 N–H and O–H groups in total. The first-order chi connectivity index (χ1) is 9.76.